The van der Waals surface area contributed by atoms with Gasteiger partial charge in [-0.25, -0.2) is 0 Å². The summed E-state index contributed by atoms with van der Waals surface area (Å²) in [5, 5.41) is 0. The van der Waals surface area contributed by atoms with Crippen LogP contribution in [0.2, 0.25) is 0 Å². The van der Waals surface area contributed by atoms with Crippen LogP contribution >= 0.6 is 0 Å². The molecular weight excluding hydrogens is 234 g/mol. The highest BCUT2D eigenvalue weighted by atomic mass is 15.2. The highest BCUT2D eigenvalue weighted by molar-refractivity contribution is 4.86. The van der Waals surface area contributed by atoms with Gasteiger partial charge in [-0.15, -0.1) is 0 Å². The molecule has 2 fully saturated rings. The summed E-state index contributed by atoms with van der Waals surface area (Å²) in [5.41, 5.74) is 6.07. The molecule has 2 rings (SSSR count). The van der Waals surface area contributed by atoms with Crippen LogP contribution in [0.15, 0.2) is 0 Å². The fraction of sp³-hybridized carbons (Fsp3) is 1.00. The zero-order chi connectivity index (χ0) is 13.7. The molecule has 1 unspecified atom stereocenters. The van der Waals surface area contributed by atoms with Crippen LogP contribution in [-0.2, 0) is 0 Å². The van der Waals surface area contributed by atoms with Crippen LogP contribution in [0, 0.1) is 0 Å². The fourth-order valence-corrected chi connectivity index (χ4v) is 3.91. The molecule has 0 aromatic heterocycles. The Hall–Kier alpha value is -0.120. The maximum absolute atomic E-state index is 6.07. The Morgan fingerprint density at radius 3 is 2.37 bits per heavy atom. The molecule has 112 valence electrons. The van der Waals surface area contributed by atoms with Gasteiger partial charge >= 0.3 is 0 Å². The second-order valence-corrected chi connectivity index (χ2v) is 6.69. The summed E-state index contributed by atoms with van der Waals surface area (Å²) in [6, 6.07) is 2.11. The first-order valence-corrected chi connectivity index (χ1v) is 8.40. The molecule has 1 atom stereocenters. The predicted octanol–water partition coefficient (Wildman–Crippen LogP) is 2.45. The topological polar surface area (TPSA) is 32.5 Å². The van der Waals surface area contributed by atoms with E-state index in [0.717, 1.165) is 12.1 Å². The normalized spacial score (nSPS) is 34.4. The standard InChI is InChI=1S/C16H33N3/c1-3-11-19(16-8-6-14(17)7-9-16)15-5-4-12-18(2)13-10-15/h14-16H,3-13,17H2,1-2H3. The van der Waals surface area contributed by atoms with E-state index in [2.05, 4.69) is 23.8 Å². The number of likely N-dealkylation sites (tertiary alicyclic amines) is 1. The summed E-state index contributed by atoms with van der Waals surface area (Å²) in [7, 11) is 2.27. The van der Waals surface area contributed by atoms with E-state index in [4.69, 9.17) is 5.73 Å². The number of nitrogens with zero attached hydrogens (tertiary/aromatic N) is 2. The molecule has 0 bridgehead atoms. The van der Waals surface area contributed by atoms with Gasteiger partial charge in [0.2, 0.25) is 0 Å². The van der Waals surface area contributed by atoms with Crippen LogP contribution in [0.1, 0.15) is 58.3 Å². The Morgan fingerprint density at radius 1 is 1.00 bits per heavy atom. The van der Waals surface area contributed by atoms with Crippen molar-refractivity contribution in [2.24, 2.45) is 5.73 Å². The van der Waals surface area contributed by atoms with Crippen molar-refractivity contribution >= 4 is 0 Å². The Morgan fingerprint density at radius 2 is 1.68 bits per heavy atom. The van der Waals surface area contributed by atoms with Crippen molar-refractivity contribution in [2.45, 2.75) is 76.4 Å². The third-order valence-corrected chi connectivity index (χ3v) is 5.08. The molecule has 3 heteroatoms. The largest absolute Gasteiger partial charge is 0.328 e. The van der Waals surface area contributed by atoms with Gasteiger partial charge in [0.25, 0.3) is 0 Å². The third-order valence-electron chi connectivity index (χ3n) is 5.08. The van der Waals surface area contributed by atoms with E-state index in [1.807, 2.05) is 0 Å². The zero-order valence-corrected chi connectivity index (χ0v) is 13.0. The van der Waals surface area contributed by atoms with Crippen LogP contribution in [-0.4, -0.2) is 54.6 Å². The fourth-order valence-electron chi connectivity index (χ4n) is 3.91. The Balaban J connectivity index is 1.94. The molecule has 2 aliphatic rings. The molecule has 2 N–H and O–H groups in total. The van der Waals surface area contributed by atoms with Crippen molar-refractivity contribution in [2.75, 3.05) is 26.7 Å². The van der Waals surface area contributed by atoms with Crippen molar-refractivity contribution in [3.63, 3.8) is 0 Å². The molecule has 0 aromatic rings. The number of hydrogen-bond acceptors (Lipinski definition) is 3. The van der Waals surface area contributed by atoms with E-state index in [0.29, 0.717) is 6.04 Å². The maximum atomic E-state index is 6.07. The van der Waals surface area contributed by atoms with Crippen LogP contribution in [0.5, 0.6) is 0 Å². The summed E-state index contributed by atoms with van der Waals surface area (Å²) in [6.07, 6.45) is 10.5. The molecular formula is C16H33N3. The Bertz CT molecular complexity index is 248. The van der Waals surface area contributed by atoms with Gasteiger partial charge in [-0.05, 0) is 78.0 Å². The molecule has 1 heterocycles. The molecule has 1 aliphatic heterocycles. The molecule has 19 heavy (non-hydrogen) atoms. The van der Waals surface area contributed by atoms with E-state index in [1.54, 1.807) is 0 Å². The second kappa shape index (κ2) is 7.61. The van der Waals surface area contributed by atoms with Crippen molar-refractivity contribution in [3.05, 3.63) is 0 Å². The maximum Gasteiger partial charge on any atom is 0.0111 e. The van der Waals surface area contributed by atoms with E-state index in [9.17, 15) is 0 Å². The molecule has 0 amide bonds. The average Bonchev–Trinajstić information content (AvgIpc) is 2.62. The number of nitrogens with two attached hydrogens (primary N) is 1. The smallest absolute Gasteiger partial charge is 0.0111 e. The van der Waals surface area contributed by atoms with Gasteiger partial charge in [0, 0.05) is 18.1 Å². The van der Waals surface area contributed by atoms with Crippen LogP contribution < -0.4 is 5.73 Å². The van der Waals surface area contributed by atoms with Gasteiger partial charge in [-0.2, -0.15) is 0 Å². The minimum absolute atomic E-state index is 0.472. The summed E-state index contributed by atoms with van der Waals surface area (Å²) >= 11 is 0. The van der Waals surface area contributed by atoms with Crippen LogP contribution in [0.3, 0.4) is 0 Å². The first-order valence-electron chi connectivity index (χ1n) is 8.40. The van der Waals surface area contributed by atoms with E-state index in [-0.39, 0.29) is 0 Å². The lowest BCUT2D eigenvalue weighted by Gasteiger charge is -2.41. The number of hydrogen-bond donors (Lipinski definition) is 1. The summed E-state index contributed by atoms with van der Waals surface area (Å²) in [6.45, 7) is 6.17. The highest BCUT2D eigenvalue weighted by Crippen LogP contribution is 2.27. The summed E-state index contributed by atoms with van der Waals surface area (Å²) in [5.74, 6) is 0. The van der Waals surface area contributed by atoms with Gasteiger partial charge in [-0.3, -0.25) is 4.90 Å². The highest BCUT2D eigenvalue weighted by Gasteiger charge is 2.29. The molecule has 1 saturated heterocycles. The van der Waals surface area contributed by atoms with Gasteiger partial charge in [0.05, 0.1) is 0 Å². The van der Waals surface area contributed by atoms with Gasteiger partial charge in [-0.1, -0.05) is 6.92 Å². The van der Waals surface area contributed by atoms with E-state index in [1.165, 1.54) is 71.0 Å². The molecule has 0 aromatic carbocycles. The minimum Gasteiger partial charge on any atom is -0.328 e. The van der Waals surface area contributed by atoms with Gasteiger partial charge < -0.3 is 10.6 Å². The van der Waals surface area contributed by atoms with E-state index < -0.39 is 0 Å². The quantitative estimate of drug-likeness (QED) is 0.849. The second-order valence-electron chi connectivity index (χ2n) is 6.69. The van der Waals surface area contributed by atoms with Crippen LogP contribution in [0.4, 0.5) is 0 Å². The van der Waals surface area contributed by atoms with Gasteiger partial charge in [0.15, 0.2) is 0 Å². The Kier molecular flexibility index (Phi) is 6.11. The first-order chi connectivity index (χ1) is 9.20. The number of rotatable bonds is 4. The molecule has 0 spiro atoms. The predicted molar refractivity (Wildman–Crippen MR) is 82.4 cm³/mol. The average molecular weight is 267 g/mol. The first kappa shape index (κ1) is 15.3. The SMILES string of the molecule is CCCN(C1CCC(N)CC1)C1CCCN(C)CC1. The Labute approximate surface area is 119 Å². The zero-order valence-electron chi connectivity index (χ0n) is 13.0. The lowest BCUT2D eigenvalue weighted by Crippen LogP contribution is -2.47. The third kappa shape index (κ3) is 4.44. The van der Waals surface area contributed by atoms with Crippen molar-refractivity contribution in [3.8, 4) is 0 Å². The summed E-state index contributed by atoms with van der Waals surface area (Å²) in [4.78, 5) is 5.35. The van der Waals surface area contributed by atoms with Crippen LogP contribution in [0.25, 0.3) is 0 Å². The van der Waals surface area contributed by atoms with Crippen molar-refractivity contribution < 1.29 is 0 Å². The van der Waals surface area contributed by atoms with Crippen molar-refractivity contribution in [1.29, 1.82) is 0 Å². The van der Waals surface area contributed by atoms with E-state index >= 15 is 0 Å². The monoisotopic (exact) mass is 267 g/mol. The molecule has 1 saturated carbocycles. The lowest BCUT2D eigenvalue weighted by atomic mass is 9.89. The van der Waals surface area contributed by atoms with Gasteiger partial charge in [0.1, 0.15) is 0 Å². The lowest BCUT2D eigenvalue weighted by molar-refractivity contribution is 0.0904. The molecule has 3 nitrogen and oxygen atoms in total. The minimum atomic E-state index is 0.472. The van der Waals surface area contributed by atoms with Crippen molar-refractivity contribution in [1.82, 2.24) is 9.80 Å². The summed E-state index contributed by atoms with van der Waals surface area (Å²) < 4.78 is 0. The molecule has 0 radical (unpaired) electrons. The molecule has 1 aliphatic carbocycles.